The van der Waals surface area contributed by atoms with Gasteiger partial charge >= 0.3 is 6.18 Å². The lowest BCUT2D eigenvalue weighted by Crippen LogP contribution is -2.45. The van der Waals surface area contributed by atoms with Crippen molar-refractivity contribution in [3.05, 3.63) is 29.3 Å². The van der Waals surface area contributed by atoms with E-state index in [1.165, 1.54) is 12.1 Å². The van der Waals surface area contributed by atoms with E-state index in [-0.39, 0.29) is 24.3 Å². The van der Waals surface area contributed by atoms with Gasteiger partial charge in [-0.1, -0.05) is 6.07 Å². The maximum absolute atomic E-state index is 13.7. The fourth-order valence-electron chi connectivity index (χ4n) is 3.88. The molecule has 0 radical (unpaired) electrons. The highest BCUT2D eigenvalue weighted by Gasteiger charge is 2.34. The Morgan fingerprint density at radius 3 is 2.53 bits per heavy atom. The molecule has 0 spiro atoms. The Labute approximate surface area is 175 Å². The number of rotatable bonds is 5. The van der Waals surface area contributed by atoms with E-state index in [0.29, 0.717) is 44.5 Å². The highest BCUT2D eigenvalue weighted by Crippen LogP contribution is 2.35. The summed E-state index contributed by atoms with van der Waals surface area (Å²) in [7, 11) is 0. The van der Waals surface area contributed by atoms with Crippen molar-refractivity contribution in [2.75, 3.05) is 37.7 Å². The van der Waals surface area contributed by atoms with Crippen molar-refractivity contribution in [1.29, 1.82) is 0 Å². The molecule has 1 heterocycles. The maximum atomic E-state index is 13.7. The number of hydrogen-bond acceptors (Lipinski definition) is 4. The largest absolute Gasteiger partial charge is 0.416 e. The second-order valence-corrected chi connectivity index (χ2v) is 7.78. The summed E-state index contributed by atoms with van der Waals surface area (Å²) in [5.74, 6) is 0.504. The van der Waals surface area contributed by atoms with E-state index < -0.39 is 11.7 Å². The fraction of sp³-hybridized carbons (Fsp3) is 0.667. The van der Waals surface area contributed by atoms with Gasteiger partial charge in [0.15, 0.2) is 5.96 Å². The molecular formula is C21H31F3N4O2. The van der Waals surface area contributed by atoms with Gasteiger partial charge in [-0.25, -0.2) is 4.99 Å². The molecule has 1 aromatic carbocycles. The summed E-state index contributed by atoms with van der Waals surface area (Å²) in [4.78, 5) is 6.32. The molecular weight excluding hydrogens is 397 g/mol. The topological polar surface area (TPSA) is 69.1 Å². The quantitative estimate of drug-likeness (QED) is 0.497. The number of hydrogen-bond donors (Lipinski definition) is 3. The maximum Gasteiger partial charge on any atom is 0.416 e. The standard InChI is InChI=1S/C21H31F3N4O2/c1-2-25-20(27-16-4-7-18(29)8-5-16)26-14-15-3-6-17(13-19(15)21(22,23)24)28-9-11-30-12-10-28/h3,6,13,16,18,29H,2,4-5,7-12,14H2,1H3,(H2,25,26,27). The van der Waals surface area contributed by atoms with Gasteiger partial charge in [0.2, 0.25) is 0 Å². The summed E-state index contributed by atoms with van der Waals surface area (Å²) < 4.78 is 46.5. The van der Waals surface area contributed by atoms with Crippen molar-refractivity contribution in [2.24, 2.45) is 4.99 Å². The molecule has 9 heteroatoms. The molecule has 1 aliphatic heterocycles. The number of benzene rings is 1. The number of guanidine groups is 1. The van der Waals surface area contributed by atoms with Gasteiger partial charge in [-0.3, -0.25) is 0 Å². The molecule has 1 saturated carbocycles. The molecule has 0 bridgehead atoms. The van der Waals surface area contributed by atoms with Crippen molar-refractivity contribution < 1.29 is 23.0 Å². The number of aliphatic hydroxyl groups is 1. The summed E-state index contributed by atoms with van der Waals surface area (Å²) in [6.45, 7) is 4.66. The van der Waals surface area contributed by atoms with Crippen LogP contribution < -0.4 is 15.5 Å². The number of nitrogens with zero attached hydrogens (tertiary/aromatic N) is 2. The Morgan fingerprint density at radius 2 is 1.90 bits per heavy atom. The first-order valence-electron chi connectivity index (χ1n) is 10.6. The van der Waals surface area contributed by atoms with Crippen LogP contribution in [-0.4, -0.2) is 56.1 Å². The predicted octanol–water partition coefficient (Wildman–Crippen LogP) is 2.90. The smallest absolute Gasteiger partial charge is 0.393 e. The van der Waals surface area contributed by atoms with E-state index >= 15 is 0 Å². The van der Waals surface area contributed by atoms with Crippen molar-refractivity contribution in [3.8, 4) is 0 Å². The SMILES string of the molecule is CCNC(=NCc1ccc(N2CCOCC2)cc1C(F)(F)F)NC1CCC(O)CC1. The minimum Gasteiger partial charge on any atom is -0.393 e. The van der Waals surface area contributed by atoms with E-state index in [4.69, 9.17) is 4.74 Å². The number of halogens is 3. The Hall–Kier alpha value is -2.00. The lowest BCUT2D eigenvalue weighted by Gasteiger charge is -2.29. The van der Waals surface area contributed by atoms with Crippen LogP contribution in [0.15, 0.2) is 23.2 Å². The Morgan fingerprint density at radius 1 is 1.20 bits per heavy atom. The lowest BCUT2D eigenvalue weighted by molar-refractivity contribution is -0.138. The minimum atomic E-state index is -4.45. The van der Waals surface area contributed by atoms with Gasteiger partial charge in [-0.05, 0) is 50.3 Å². The van der Waals surface area contributed by atoms with Gasteiger partial charge in [-0.15, -0.1) is 0 Å². The van der Waals surface area contributed by atoms with E-state index in [9.17, 15) is 18.3 Å². The van der Waals surface area contributed by atoms with Gasteiger partial charge in [0, 0.05) is 31.4 Å². The number of anilines is 1. The molecule has 2 fully saturated rings. The molecule has 1 saturated heterocycles. The molecule has 6 nitrogen and oxygen atoms in total. The Bertz CT molecular complexity index is 713. The summed E-state index contributed by atoms with van der Waals surface area (Å²) in [5.41, 5.74) is 0.0619. The van der Waals surface area contributed by atoms with Crippen LogP contribution in [0.3, 0.4) is 0 Å². The first kappa shape index (κ1) is 22.7. The van der Waals surface area contributed by atoms with Crippen LogP contribution in [0.4, 0.5) is 18.9 Å². The summed E-state index contributed by atoms with van der Waals surface area (Å²) >= 11 is 0. The minimum absolute atomic E-state index is 0.0666. The molecule has 0 atom stereocenters. The first-order chi connectivity index (χ1) is 14.4. The van der Waals surface area contributed by atoms with E-state index in [1.807, 2.05) is 11.8 Å². The van der Waals surface area contributed by atoms with Crippen LogP contribution in [0.2, 0.25) is 0 Å². The third-order valence-corrected chi connectivity index (χ3v) is 5.56. The number of aliphatic hydroxyl groups excluding tert-OH is 1. The van der Waals surface area contributed by atoms with Crippen LogP contribution >= 0.6 is 0 Å². The molecule has 0 unspecified atom stereocenters. The van der Waals surface area contributed by atoms with Gasteiger partial charge in [0.05, 0.1) is 31.4 Å². The number of morpholine rings is 1. The number of aliphatic imine (C=N–C) groups is 1. The summed E-state index contributed by atoms with van der Waals surface area (Å²) in [6, 6.07) is 4.64. The van der Waals surface area contributed by atoms with Crippen LogP contribution in [0, 0.1) is 0 Å². The zero-order valence-electron chi connectivity index (χ0n) is 17.3. The molecule has 2 aliphatic rings. The van der Waals surface area contributed by atoms with Gasteiger partial charge in [0.1, 0.15) is 0 Å². The van der Waals surface area contributed by atoms with Crippen LogP contribution in [0.5, 0.6) is 0 Å². The molecule has 1 aliphatic carbocycles. The zero-order chi connectivity index (χ0) is 21.6. The molecule has 3 rings (SSSR count). The van der Waals surface area contributed by atoms with Crippen molar-refractivity contribution in [3.63, 3.8) is 0 Å². The predicted molar refractivity (Wildman–Crippen MR) is 111 cm³/mol. The van der Waals surface area contributed by atoms with Crippen LogP contribution in [-0.2, 0) is 17.5 Å². The molecule has 0 aromatic heterocycles. The second kappa shape index (κ2) is 10.3. The molecule has 168 valence electrons. The third-order valence-electron chi connectivity index (χ3n) is 5.56. The highest BCUT2D eigenvalue weighted by molar-refractivity contribution is 5.80. The average Bonchev–Trinajstić information content (AvgIpc) is 2.73. The van der Waals surface area contributed by atoms with Crippen LogP contribution in [0.25, 0.3) is 0 Å². The van der Waals surface area contributed by atoms with Crippen molar-refractivity contribution >= 4 is 11.6 Å². The second-order valence-electron chi connectivity index (χ2n) is 7.78. The number of ether oxygens (including phenoxy) is 1. The highest BCUT2D eigenvalue weighted by atomic mass is 19.4. The summed E-state index contributed by atoms with van der Waals surface area (Å²) in [6.07, 6.45) is -1.64. The fourth-order valence-corrected chi connectivity index (χ4v) is 3.88. The average molecular weight is 428 g/mol. The zero-order valence-corrected chi connectivity index (χ0v) is 17.3. The summed E-state index contributed by atoms with van der Waals surface area (Å²) in [5, 5.41) is 16.0. The number of nitrogens with one attached hydrogen (secondary N) is 2. The molecule has 30 heavy (non-hydrogen) atoms. The third kappa shape index (κ3) is 6.25. The molecule has 1 aromatic rings. The van der Waals surface area contributed by atoms with Crippen molar-refractivity contribution in [1.82, 2.24) is 10.6 Å². The monoisotopic (exact) mass is 428 g/mol. The molecule has 0 amide bonds. The van der Waals surface area contributed by atoms with E-state index in [2.05, 4.69) is 15.6 Å². The lowest BCUT2D eigenvalue weighted by atomic mass is 9.93. The Kier molecular flexibility index (Phi) is 7.82. The van der Waals surface area contributed by atoms with E-state index in [0.717, 1.165) is 25.7 Å². The Balaban J connectivity index is 1.75. The normalized spacial score (nSPS) is 23.4. The van der Waals surface area contributed by atoms with Gasteiger partial charge < -0.3 is 25.4 Å². The van der Waals surface area contributed by atoms with Crippen molar-refractivity contribution in [2.45, 2.75) is 57.5 Å². The van der Waals surface area contributed by atoms with Gasteiger partial charge in [0.25, 0.3) is 0 Å². The van der Waals surface area contributed by atoms with Gasteiger partial charge in [-0.2, -0.15) is 13.2 Å². The van der Waals surface area contributed by atoms with Crippen LogP contribution in [0.1, 0.15) is 43.7 Å². The van der Waals surface area contributed by atoms with E-state index in [1.54, 1.807) is 6.07 Å². The number of alkyl halides is 3. The molecule has 3 N–H and O–H groups in total. The first-order valence-corrected chi connectivity index (χ1v) is 10.6.